The van der Waals surface area contributed by atoms with Gasteiger partial charge in [-0.15, -0.1) is 12.4 Å². The van der Waals surface area contributed by atoms with E-state index in [0.29, 0.717) is 17.9 Å². The number of benzene rings is 1. The third-order valence-corrected chi connectivity index (χ3v) is 3.00. The van der Waals surface area contributed by atoms with Crippen molar-refractivity contribution in [2.75, 3.05) is 0 Å². The van der Waals surface area contributed by atoms with Crippen LogP contribution in [0.4, 0.5) is 0 Å². The quantitative estimate of drug-likeness (QED) is 0.751. The molecule has 0 unspecified atom stereocenters. The van der Waals surface area contributed by atoms with Gasteiger partial charge in [0, 0.05) is 0 Å². The van der Waals surface area contributed by atoms with E-state index in [-0.39, 0.29) is 18.0 Å². The second kappa shape index (κ2) is 8.15. The average Bonchev–Trinajstić information content (AvgIpc) is 2.34. The minimum absolute atomic E-state index is 0. The van der Waals surface area contributed by atoms with Gasteiger partial charge in [-0.25, -0.2) is 4.79 Å². The molecule has 19 heavy (non-hydrogen) atoms. The molecule has 1 aromatic carbocycles. The van der Waals surface area contributed by atoms with E-state index in [1.165, 1.54) is 6.07 Å². The van der Waals surface area contributed by atoms with Crippen LogP contribution in [-0.2, 0) is 0 Å². The second-order valence-corrected chi connectivity index (χ2v) is 4.96. The Morgan fingerprint density at radius 1 is 1.26 bits per heavy atom. The number of rotatable bonds is 6. The van der Waals surface area contributed by atoms with Crippen LogP contribution in [0.3, 0.4) is 0 Å². The Labute approximate surface area is 120 Å². The van der Waals surface area contributed by atoms with Gasteiger partial charge in [-0.3, -0.25) is 0 Å². The average molecular weight is 288 g/mol. The fraction of sp³-hybridized carbons (Fsp3) is 0.500. The third kappa shape index (κ3) is 5.19. The smallest absolute Gasteiger partial charge is 0.336 e. The molecule has 4 nitrogen and oxygen atoms in total. The van der Waals surface area contributed by atoms with Crippen molar-refractivity contribution in [1.29, 1.82) is 0 Å². The van der Waals surface area contributed by atoms with Crippen molar-refractivity contribution in [3.63, 3.8) is 0 Å². The highest BCUT2D eigenvalue weighted by molar-refractivity contribution is 5.89. The SMILES string of the molecule is CC(C)CC[C@@H](O)[C@@H](N)c1ccccc1C(=O)O.Cl. The molecule has 0 aromatic heterocycles. The number of halogens is 1. The van der Waals surface area contributed by atoms with Gasteiger partial charge in [-0.05, 0) is 30.4 Å². The van der Waals surface area contributed by atoms with E-state index in [1.54, 1.807) is 18.2 Å². The summed E-state index contributed by atoms with van der Waals surface area (Å²) >= 11 is 0. The molecule has 0 bridgehead atoms. The summed E-state index contributed by atoms with van der Waals surface area (Å²) < 4.78 is 0. The molecular formula is C14H22ClNO3. The Morgan fingerprint density at radius 3 is 2.37 bits per heavy atom. The first-order valence-corrected chi connectivity index (χ1v) is 6.19. The van der Waals surface area contributed by atoms with E-state index in [0.717, 1.165) is 6.42 Å². The van der Waals surface area contributed by atoms with Crippen LogP contribution >= 0.6 is 12.4 Å². The van der Waals surface area contributed by atoms with Crippen molar-refractivity contribution in [3.8, 4) is 0 Å². The maximum absolute atomic E-state index is 11.1. The fourth-order valence-electron chi connectivity index (χ4n) is 1.87. The number of nitrogens with two attached hydrogens (primary N) is 1. The summed E-state index contributed by atoms with van der Waals surface area (Å²) in [6, 6.07) is 5.90. The van der Waals surface area contributed by atoms with Crippen LogP contribution in [0.1, 0.15) is 48.7 Å². The molecule has 0 heterocycles. The van der Waals surface area contributed by atoms with Crippen molar-refractivity contribution in [3.05, 3.63) is 35.4 Å². The van der Waals surface area contributed by atoms with Crippen LogP contribution in [0.25, 0.3) is 0 Å². The molecule has 0 saturated carbocycles. The molecule has 0 spiro atoms. The minimum Gasteiger partial charge on any atom is -0.478 e. The summed E-state index contributed by atoms with van der Waals surface area (Å²) in [6.45, 7) is 4.15. The van der Waals surface area contributed by atoms with Crippen LogP contribution in [0.5, 0.6) is 0 Å². The van der Waals surface area contributed by atoms with Gasteiger partial charge in [-0.1, -0.05) is 32.0 Å². The molecule has 108 valence electrons. The first kappa shape index (κ1) is 17.9. The Kier molecular flexibility index (Phi) is 7.68. The zero-order valence-corrected chi connectivity index (χ0v) is 12.1. The highest BCUT2D eigenvalue weighted by Crippen LogP contribution is 2.22. The van der Waals surface area contributed by atoms with Crippen LogP contribution in [0.15, 0.2) is 24.3 Å². The van der Waals surface area contributed by atoms with Gasteiger partial charge in [-0.2, -0.15) is 0 Å². The van der Waals surface area contributed by atoms with E-state index < -0.39 is 18.1 Å². The van der Waals surface area contributed by atoms with Crippen molar-refractivity contribution in [2.45, 2.75) is 38.8 Å². The molecule has 0 aliphatic heterocycles. The Balaban J connectivity index is 0.00000324. The lowest BCUT2D eigenvalue weighted by atomic mass is 9.93. The highest BCUT2D eigenvalue weighted by atomic mass is 35.5. The van der Waals surface area contributed by atoms with E-state index in [1.807, 2.05) is 0 Å². The molecule has 0 amide bonds. The van der Waals surface area contributed by atoms with E-state index in [9.17, 15) is 9.90 Å². The van der Waals surface area contributed by atoms with Crippen LogP contribution in [0, 0.1) is 5.92 Å². The Morgan fingerprint density at radius 2 is 1.84 bits per heavy atom. The normalized spacial score (nSPS) is 13.7. The summed E-state index contributed by atoms with van der Waals surface area (Å²) in [5, 5.41) is 19.1. The zero-order chi connectivity index (χ0) is 13.7. The van der Waals surface area contributed by atoms with E-state index in [2.05, 4.69) is 13.8 Å². The first-order chi connectivity index (χ1) is 8.43. The van der Waals surface area contributed by atoms with Gasteiger partial charge in [0.25, 0.3) is 0 Å². The lowest BCUT2D eigenvalue weighted by molar-refractivity contribution is 0.0692. The number of hydrogen-bond acceptors (Lipinski definition) is 3. The number of aromatic carboxylic acids is 1. The van der Waals surface area contributed by atoms with E-state index >= 15 is 0 Å². The standard InChI is InChI=1S/C14H21NO3.ClH/c1-9(2)7-8-12(16)13(15)10-5-3-4-6-11(10)14(17)18;/h3-6,9,12-13,16H,7-8,15H2,1-2H3,(H,17,18);1H/t12-,13+;/m1./s1. The number of aliphatic hydroxyl groups excluding tert-OH is 1. The van der Waals surface area contributed by atoms with Crippen molar-refractivity contribution < 1.29 is 15.0 Å². The van der Waals surface area contributed by atoms with Crippen LogP contribution < -0.4 is 5.73 Å². The lowest BCUT2D eigenvalue weighted by Crippen LogP contribution is -2.28. The molecular weight excluding hydrogens is 266 g/mol. The van der Waals surface area contributed by atoms with E-state index in [4.69, 9.17) is 10.8 Å². The number of hydrogen-bond donors (Lipinski definition) is 3. The maximum Gasteiger partial charge on any atom is 0.336 e. The fourth-order valence-corrected chi connectivity index (χ4v) is 1.87. The Hall–Kier alpha value is -1.10. The van der Waals surface area contributed by atoms with Crippen molar-refractivity contribution in [2.24, 2.45) is 11.7 Å². The monoisotopic (exact) mass is 287 g/mol. The van der Waals surface area contributed by atoms with Crippen LogP contribution in [-0.4, -0.2) is 22.3 Å². The van der Waals surface area contributed by atoms with Crippen molar-refractivity contribution >= 4 is 18.4 Å². The maximum atomic E-state index is 11.1. The number of aliphatic hydroxyl groups is 1. The summed E-state index contributed by atoms with van der Waals surface area (Å²) in [4.78, 5) is 11.1. The first-order valence-electron chi connectivity index (χ1n) is 6.19. The van der Waals surface area contributed by atoms with Gasteiger partial charge in [0.2, 0.25) is 0 Å². The third-order valence-electron chi connectivity index (χ3n) is 3.00. The molecule has 1 rings (SSSR count). The molecule has 4 N–H and O–H groups in total. The number of carbonyl (C=O) groups is 1. The van der Waals surface area contributed by atoms with Gasteiger partial charge >= 0.3 is 5.97 Å². The summed E-state index contributed by atoms with van der Waals surface area (Å²) in [5.41, 5.74) is 6.60. The lowest BCUT2D eigenvalue weighted by Gasteiger charge is -2.21. The Bertz CT molecular complexity index is 409. The summed E-state index contributed by atoms with van der Waals surface area (Å²) in [5.74, 6) is -0.529. The van der Waals surface area contributed by atoms with Crippen molar-refractivity contribution in [1.82, 2.24) is 0 Å². The summed E-state index contributed by atoms with van der Waals surface area (Å²) in [7, 11) is 0. The predicted molar refractivity (Wildman–Crippen MR) is 77.7 cm³/mol. The second-order valence-electron chi connectivity index (χ2n) is 4.96. The molecule has 1 aromatic rings. The van der Waals surface area contributed by atoms with Gasteiger partial charge in [0.15, 0.2) is 0 Å². The molecule has 0 aliphatic rings. The molecule has 2 atom stereocenters. The number of carboxylic acid groups (broad SMARTS) is 1. The van der Waals surface area contributed by atoms with Gasteiger partial charge in [0.1, 0.15) is 0 Å². The molecule has 5 heteroatoms. The highest BCUT2D eigenvalue weighted by Gasteiger charge is 2.21. The van der Waals surface area contributed by atoms with Crippen LogP contribution in [0.2, 0.25) is 0 Å². The van der Waals surface area contributed by atoms with Gasteiger partial charge in [0.05, 0.1) is 17.7 Å². The van der Waals surface area contributed by atoms with Gasteiger partial charge < -0.3 is 15.9 Å². The predicted octanol–water partition coefficient (Wildman–Crippen LogP) is 2.60. The molecule has 0 fully saturated rings. The largest absolute Gasteiger partial charge is 0.478 e. The summed E-state index contributed by atoms with van der Waals surface area (Å²) in [6.07, 6.45) is 0.726. The minimum atomic E-state index is -1.02. The topological polar surface area (TPSA) is 83.5 Å². The molecule has 0 radical (unpaired) electrons. The molecule has 0 aliphatic carbocycles. The molecule has 0 saturated heterocycles. The number of carboxylic acids is 1. The zero-order valence-electron chi connectivity index (χ0n) is 11.2.